The van der Waals surface area contributed by atoms with Crippen LogP contribution in [0.1, 0.15) is 44.1 Å². The monoisotopic (exact) mass is 297 g/mol. The van der Waals surface area contributed by atoms with Crippen molar-refractivity contribution in [3.05, 3.63) is 28.2 Å². The van der Waals surface area contributed by atoms with E-state index in [4.69, 9.17) is 10.5 Å². The molecule has 0 bridgehead atoms. The summed E-state index contributed by atoms with van der Waals surface area (Å²) in [5.74, 6) is 0.953. The van der Waals surface area contributed by atoms with Crippen LogP contribution >= 0.6 is 15.9 Å². The van der Waals surface area contributed by atoms with Gasteiger partial charge in [-0.2, -0.15) is 0 Å². The average Bonchev–Trinajstić information content (AvgIpc) is 2.60. The van der Waals surface area contributed by atoms with E-state index in [-0.39, 0.29) is 0 Å². The van der Waals surface area contributed by atoms with Crippen molar-refractivity contribution in [1.82, 2.24) is 0 Å². The lowest BCUT2D eigenvalue weighted by molar-refractivity contribution is 0.182. The van der Waals surface area contributed by atoms with Gasteiger partial charge in [0.15, 0.2) is 0 Å². The van der Waals surface area contributed by atoms with Gasteiger partial charge in [0.25, 0.3) is 0 Å². The lowest BCUT2D eigenvalue weighted by atomic mass is 10.1. The molecule has 1 aromatic carbocycles. The molecule has 2 nitrogen and oxygen atoms in total. The smallest absolute Gasteiger partial charge is 0.133 e. The summed E-state index contributed by atoms with van der Waals surface area (Å²) >= 11 is 3.55. The highest BCUT2D eigenvalue weighted by atomic mass is 79.9. The Morgan fingerprint density at radius 3 is 2.47 bits per heavy atom. The fourth-order valence-corrected chi connectivity index (χ4v) is 2.83. The van der Waals surface area contributed by atoms with Crippen molar-refractivity contribution >= 4 is 15.9 Å². The molecule has 2 N–H and O–H groups in total. The van der Waals surface area contributed by atoms with Crippen LogP contribution in [0, 0.1) is 0 Å². The van der Waals surface area contributed by atoms with Crippen molar-refractivity contribution in [2.24, 2.45) is 5.73 Å². The lowest BCUT2D eigenvalue weighted by Gasteiger charge is -2.18. The SMILES string of the molecule is NCc1ccc(OC2CCCCCC2)c(Br)c1. The van der Waals surface area contributed by atoms with Crippen LogP contribution in [0.4, 0.5) is 0 Å². The second-order valence-corrected chi connectivity index (χ2v) is 5.55. The molecule has 0 aromatic heterocycles. The van der Waals surface area contributed by atoms with Gasteiger partial charge in [0.05, 0.1) is 10.6 Å². The van der Waals surface area contributed by atoms with Crippen molar-refractivity contribution in [3.8, 4) is 5.75 Å². The summed E-state index contributed by atoms with van der Waals surface area (Å²) < 4.78 is 7.10. The molecular weight excluding hydrogens is 278 g/mol. The first-order valence-corrected chi connectivity index (χ1v) is 7.24. The Balaban J connectivity index is 2.01. The molecule has 0 saturated heterocycles. The molecule has 0 heterocycles. The van der Waals surface area contributed by atoms with Gasteiger partial charge in [0.1, 0.15) is 5.75 Å². The Kier molecular flexibility index (Phi) is 4.86. The molecule has 0 unspecified atom stereocenters. The van der Waals surface area contributed by atoms with Crippen LogP contribution in [0.2, 0.25) is 0 Å². The molecule has 0 spiro atoms. The molecule has 1 aliphatic rings. The second kappa shape index (κ2) is 6.41. The molecule has 1 aromatic rings. The molecule has 0 aliphatic heterocycles. The van der Waals surface area contributed by atoms with Crippen LogP contribution in [0.15, 0.2) is 22.7 Å². The minimum Gasteiger partial charge on any atom is -0.489 e. The van der Waals surface area contributed by atoms with Crippen LogP contribution in [0.5, 0.6) is 5.75 Å². The molecule has 3 heteroatoms. The van der Waals surface area contributed by atoms with E-state index >= 15 is 0 Å². The third-order valence-electron chi connectivity index (χ3n) is 3.33. The first-order chi connectivity index (χ1) is 8.29. The molecular formula is C14H20BrNO. The molecule has 1 aliphatic carbocycles. The van der Waals surface area contributed by atoms with Gasteiger partial charge in [-0.1, -0.05) is 18.9 Å². The molecule has 0 atom stereocenters. The Morgan fingerprint density at radius 2 is 1.88 bits per heavy atom. The quantitative estimate of drug-likeness (QED) is 0.856. The summed E-state index contributed by atoms with van der Waals surface area (Å²) in [7, 11) is 0. The first kappa shape index (κ1) is 12.9. The largest absolute Gasteiger partial charge is 0.489 e. The number of ether oxygens (including phenoxy) is 1. The topological polar surface area (TPSA) is 35.2 Å². The summed E-state index contributed by atoms with van der Waals surface area (Å²) in [5.41, 5.74) is 6.74. The molecule has 17 heavy (non-hydrogen) atoms. The van der Waals surface area contributed by atoms with Gasteiger partial charge in [-0.05, 0) is 59.3 Å². The van der Waals surface area contributed by atoms with Gasteiger partial charge < -0.3 is 10.5 Å². The van der Waals surface area contributed by atoms with Gasteiger partial charge in [0, 0.05) is 6.54 Å². The zero-order valence-corrected chi connectivity index (χ0v) is 11.7. The molecule has 94 valence electrons. The highest BCUT2D eigenvalue weighted by Crippen LogP contribution is 2.29. The van der Waals surface area contributed by atoms with E-state index in [9.17, 15) is 0 Å². The maximum atomic E-state index is 6.08. The van der Waals surface area contributed by atoms with Crippen molar-refractivity contribution in [3.63, 3.8) is 0 Å². The summed E-state index contributed by atoms with van der Waals surface area (Å²) in [4.78, 5) is 0. The van der Waals surface area contributed by atoms with Gasteiger partial charge in [-0.3, -0.25) is 0 Å². The molecule has 0 radical (unpaired) electrons. The van der Waals surface area contributed by atoms with Crippen LogP contribution in [-0.4, -0.2) is 6.10 Å². The van der Waals surface area contributed by atoms with Crippen molar-refractivity contribution < 1.29 is 4.74 Å². The summed E-state index contributed by atoms with van der Waals surface area (Å²) in [6, 6.07) is 6.11. The zero-order valence-electron chi connectivity index (χ0n) is 10.1. The van der Waals surface area contributed by atoms with Crippen LogP contribution < -0.4 is 10.5 Å². The Bertz CT molecular complexity index is 359. The third kappa shape index (κ3) is 3.71. The summed E-state index contributed by atoms with van der Waals surface area (Å²) in [6.07, 6.45) is 8.06. The van der Waals surface area contributed by atoms with Crippen molar-refractivity contribution in [1.29, 1.82) is 0 Å². The Hall–Kier alpha value is -0.540. The van der Waals surface area contributed by atoms with E-state index in [1.165, 1.54) is 38.5 Å². The number of halogens is 1. The Morgan fingerprint density at radius 1 is 1.18 bits per heavy atom. The number of hydrogen-bond acceptors (Lipinski definition) is 2. The van der Waals surface area contributed by atoms with Crippen LogP contribution in [-0.2, 0) is 6.54 Å². The highest BCUT2D eigenvalue weighted by Gasteiger charge is 2.14. The number of nitrogens with two attached hydrogens (primary N) is 1. The van der Waals surface area contributed by atoms with Crippen molar-refractivity contribution in [2.45, 2.75) is 51.2 Å². The predicted octanol–water partition coefficient (Wildman–Crippen LogP) is 4.01. The maximum Gasteiger partial charge on any atom is 0.133 e. The molecule has 1 fully saturated rings. The van der Waals surface area contributed by atoms with E-state index in [2.05, 4.69) is 15.9 Å². The summed E-state index contributed by atoms with van der Waals surface area (Å²) in [6.45, 7) is 0.572. The Labute approximate surface area is 112 Å². The van der Waals surface area contributed by atoms with Crippen LogP contribution in [0.25, 0.3) is 0 Å². The zero-order chi connectivity index (χ0) is 12.1. The van der Waals surface area contributed by atoms with Gasteiger partial charge in [-0.15, -0.1) is 0 Å². The maximum absolute atomic E-state index is 6.08. The van der Waals surface area contributed by atoms with Crippen LogP contribution in [0.3, 0.4) is 0 Å². The van der Waals surface area contributed by atoms with E-state index in [1.807, 2.05) is 18.2 Å². The van der Waals surface area contributed by atoms with E-state index in [0.29, 0.717) is 12.6 Å². The normalized spacial score (nSPS) is 17.8. The molecule has 2 rings (SSSR count). The standard InChI is InChI=1S/C14H20BrNO/c15-13-9-11(10-16)7-8-14(13)17-12-5-3-1-2-4-6-12/h7-9,12H,1-6,10,16H2. The number of hydrogen-bond donors (Lipinski definition) is 1. The summed E-state index contributed by atoms with van der Waals surface area (Å²) in [5, 5.41) is 0. The second-order valence-electron chi connectivity index (χ2n) is 4.70. The van der Waals surface area contributed by atoms with Crippen molar-refractivity contribution in [2.75, 3.05) is 0 Å². The highest BCUT2D eigenvalue weighted by molar-refractivity contribution is 9.10. The third-order valence-corrected chi connectivity index (χ3v) is 3.95. The fraction of sp³-hybridized carbons (Fsp3) is 0.571. The predicted molar refractivity (Wildman–Crippen MR) is 74.2 cm³/mol. The number of benzene rings is 1. The first-order valence-electron chi connectivity index (χ1n) is 6.45. The minimum absolute atomic E-state index is 0.387. The average molecular weight is 298 g/mol. The van der Waals surface area contributed by atoms with E-state index in [0.717, 1.165) is 15.8 Å². The lowest BCUT2D eigenvalue weighted by Crippen LogP contribution is -2.15. The minimum atomic E-state index is 0.387. The number of rotatable bonds is 3. The van der Waals surface area contributed by atoms with Gasteiger partial charge in [0.2, 0.25) is 0 Å². The van der Waals surface area contributed by atoms with Gasteiger partial charge in [-0.25, -0.2) is 0 Å². The van der Waals surface area contributed by atoms with Gasteiger partial charge >= 0.3 is 0 Å². The fourth-order valence-electron chi connectivity index (χ4n) is 2.31. The molecule has 1 saturated carbocycles. The molecule has 0 amide bonds. The van der Waals surface area contributed by atoms with E-state index in [1.54, 1.807) is 0 Å². The van der Waals surface area contributed by atoms with E-state index < -0.39 is 0 Å².